The van der Waals surface area contributed by atoms with Gasteiger partial charge in [0.2, 0.25) is 0 Å². The van der Waals surface area contributed by atoms with Crippen molar-refractivity contribution in [2.45, 2.75) is 13.5 Å². The zero-order chi connectivity index (χ0) is 26.4. The number of fused-ring (bicyclic) bond motifs is 1. The molecule has 10 nitrogen and oxygen atoms in total. The molecular weight excluding hydrogens is 591 g/mol. The number of halogens is 1. The molecule has 3 aromatic carbocycles. The highest BCUT2D eigenvalue weighted by atomic mass is 127. The van der Waals surface area contributed by atoms with E-state index in [1.165, 1.54) is 30.5 Å². The van der Waals surface area contributed by atoms with Gasteiger partial charge < -0.3 is 13.9 Å². The number of nitrogens with zero attached hydrogens (tertiary/aromatic N) is 3. The summed E-state index contributed by atoms with van der Waals surface area (Å²) in [6.45, 7) is 2.46. The van der Waals surface area contributed by atoms with Crippen LogP contribution in [0.5, 0.6) is 11.5 Å². The van der Waals surface area contributed by atoms with E-state index in [0.29, 0.717) is 40.2 Å². The standard InChI is InChI=1S/C26H19IN4O6/c1-2-35-23-10-16(9-21(27)25(23)36-15-18-6-4-3-5-17(18)13-28)14-29-30-26(32)24-12-19-11-20(31(33)34)7-8-22(19)37-24/h3-12,14H,2,15H2,1H3,(H,30,32)/b29-14-. The molecule has 0 atom stereocenters. The van der Waals surface area contributed by atoms with Crippen molar-refractivity contribution in [2.75, 3.05) is 6.61 Å². The molecule has 186 valence electrons. The van der Waals surface area contributed by atoms with Crippen molar-refractivity contribution in [3.05, 3.63) is 96.8 Å². The fraction of sp³-hybridized carbons (Fsp3) is 0.115. The minimum atomic E-state index is -0.606. The first-order chi connectivity index (χ1) is 17.9. The molecule has 1 N–H and O–H groups in total. The van der Waals surface area contributed by atoms with E-state index >= 15 is 0 Å². The van der Waals surface area contributed by atoms with Crippen LogP contribution in [0, 0.1) is 25.0 Å². The highest BCUT2D eigenvalue weighted by Gasteiger charge is 2.16. The van der Waals surface area contributed by atoms with Crippen LogP contribution in [0.25, 0.3) is 11.0 Å². The highest BCUT2D eigenvalue weighted by molar-refractivity contribution is 14.1. The van der Waals surface area contributed by atoms with E-state index in [2.05, 4.69) is 39.2 Å². The summed E-state index contributed by atoms with van der Waals surface area (Å²) < 4.78 is 18.0. The van der Waals surface area contributed by atoms with Crippen LogP contribution in [0.2, 0.25) is 0 Å². The number of hydrogen-bond donors (Lipinski definition) is 1. The molecule has 37 heavy (non-hydrogen) atoms. The Morgan fingerprint density at radius 1 is 1.22 bits per heavy atom. The number of carbonyl (C=O) groups is 1. The first kappa shape index (κ1) is 25.6. The molecule has 1 amide bonds. The van der Waals surface area contributed by atoms with Gasteiger partial charge in [-0.2, -0.15) is 10.4 Å². The summed E-state index contributed by atoms with van der Waals surface area (Å²) in [6, 6.07) is 18.4. The van der Waals surface area contributed by atoms with Crippen LogP contribution in [-0.2, 0) is 6.61 Å². The van der Waals surface area contributed by atoms with Crippen molar-refractivity contribution >= 4 is 51.4 Å². The second kappa shape index (κ2) is 11.5. The maximum absolute atomic E-state index is 12.5. The number of nitrogens with one attached hydrogen (secondary N) is 1. The molecule has 0 unspecified atom stereocenters. The van der Waals surface area contributed by atoms with Gasteiger partial charge in [-0.05, 0) is 65.4 Å². The number of carbonyl (C=O) groups excluding carboxylic acids is 1. The van der Waals surface area contributed by atoms with Crippen molar-refractivity contribution in [3.8, 4) is 17.6 Å². The number of hydrogen-bond acceptors (Lipinski definition) is 8. The van der Waals surface area contributed by atoms with Gasteiger partial charge >= 0.3 is 5.91 Å². The molecule has 1 heterocycles. The first-order valence-corrected chi connectivity index (χ1v) is 12.1. The third-order valence-corrected chi connectivity index (χ3v) is 5.96. The van der Waals surface area contributed by atoms with Gasteiger partial charge in [-0.3, -0.25) is 14.9 Å². The lowest BCUT2D eigenvalue weighted by Crippen LogP contribution is -2.16. The Bertz CT molecular complexity index is 1560. The van der Waals surface area contributed by atoms with E-state index in [1.807, 2.05) is 25.1 Å². The minimum Gasteiger partial charge on any atom is -0.490 e. The Balaban J connectivity index is 1.48. The van der Waals surface area contributed by atoms with Crippen LogP contribution in [0.1, 0.15) is 34.2 Å². The summed E-state index contributed by atoms with van der Waals surface area (Å²) in [5, 5.41) is 24.7. The Labute approximate surface area is 224 Å². The van der Waals surface area contributed by atoms with Crippen molar-refractivity contribution in [2.24, 2.45) is 5.10 Å². The van der Waals surface area contributed by atoms with Gasteiger partial charge in [0.05, 0.1) is 32.9 Å². The number of hydrazone groups is 1. The summed E-state index contributed by atoms with van der Waals surface area (Å²) >= 11 is 2.12. The third kappa shape index (κ3) is 6.04. The van der Waals surface area contributed by atoms with Crippen LogP contribution < -0.4 is 14.9 Å². The van der Waals surface area contributed by atoms with Gasteiger partial charge in [-0.15, -0.1) is 0 Å². The molecular formula is C26H19IN4O6. The molecule has 0 aliphatic heterocycles. The number of nitro benzene ring substituents is 1. The third-order valence-electron chi connectivity index (χ3n) is 5.16. The Morgan fingerprint density at radius 3 is 2.78 bits per heavy atom. The van der Waals surface area contributed by atoms with Crippen molar-refractivity contribution in [1.82, 2.24) is 5.43 Å². The topological polar surface area (TPSA) is 140 Å². The van der Waals surface area contributed by atoms with E-state index < -0.39 is 10.8 Å². The number of non-ortho nitro benzene ring substituents is 1. The summed E-state index contributed by atoms with van der Waals surface area (Å²) in [7, 11) is 0. The predicted molar refractivity (Wildman–Crippen MR) is 144 cm³/mol. The number of rotatable bonds is 9. The predicted octanol–water partition coefficient (Wildman–Crippen LogP) is 5.56. The second-order valence-corrected chi connectivity index (χ2v) is 8.77. The Morgan fingerprint density at radius 2 is 2.03 bits per heavy atom. The van der Waals surface area contributed by atoms with Gasteiger partial charge in [-0.25, -0.2) is 5.43 Å². The van der Waals surface area contributed by atoms with Gasteiger partial charge in [0.1, 0.15) is 12.2 Å². The molecule has 0 radical (unpaired) electrons. The van der Waals surface area contributed by atoms with Crippen molar-refractivity contribution < 1.29 is 23.6 Å². The SMILES string of the molecule is CCOc1cc(/C=N\NC(=O)c2cc3cc([N+](=O)[O-])ccc3o2)cc(I)c1OCc1ccccc1C#N. The molecule has 0 bridgehead atoms. The molecule has 0 aliphatic rings. The quantitative estimate of drug-likeness (QED) is 0.113. The van der Waals surface area contributed by atoms with Gasteiger partial charge in [0.25, 0.3) is 5.69 Å². The second-order valence-electron chi connectivity index (χ2n) is 7.61. The fourth-order valence-electron chi connectivity index (χ4n) is 3.45. The molecule has 4 rings (SSSR count). The number of nitro groups is 1. The maximum atomic E-state index is 12.5. The van der Waals surface area contributed by atoms with E-state index in [9.17, 15) is 20.2 Å². The fourth-order valence-corrected chi connectivity index (χ4v) is 4.23. The Hall–Kier alpha value is -4.44. The average molecular weight is 610 g/mol. The lowest BCUT2D eigenvalue weighted by molar-refractivity contribution is -0.384. The molecule has 0 saturated heterocycles. The highest BCUT2D eigenvalue weighted by Crippen LogP contribution is 2.34. The lowest BCUT2D eigenvalue weighted by atomic mass is 10.1. The Kier molecular flexibility index (Phi) is 7.99. The number of benzene rings is 3. The molecule has 4 aromatic rings. The van der Waals surface area contributed by atoms with Gasteiger partial charge in [0, 0.05) is 23.1 Å². The summed E-state index contributed by atoms with van der Waals surface area (Å²) in [4.78, 5) is 22.9. The zero-order valence-electron chi connectivity index (χ0n) is 19.4. The van der Waals surface area contributed by atoms with Gasteiger partial charge in [-0.1, -0.05) is 18.2 Å². The van der Waals surface area contributed by atoms with Crippen molar-refractivity contribution in [1.29, 1.82) is 5.26 Å². The van der Waals surface area contributed by atoms with Crippen LogP contribution in [0.15, 0.2) is 70.2 Å². The minimum absolute atomic E-state index is 0.0290. The van der Waals surface area contributed by atoms with Crippen molar-refractivity contribution in [3.63, 3.8) is 0 Å². The smallest absolute Gasteiger partial charge is 0.307 e. The van der Waals surface area contributed by atoms with Crippen LogP contribution in [0.3, 0.4) is 0 Å². The molecule has 0 fully saturated rings. The molecule has 0 saturated carbocycles. The van der Waals surface area contributed by atoms with E-state index in [-0.39, 0.29) is 18.1 Å². The van der Waals surface area contributed by atoms with Gasteiger partial charge in [0.15, 0.2) is 17.3 Å². The van der Waals surface area contributed by atoms with E-state index in [1.54, 1.807) is 18.2 Å². The molecule has 0 spiro atoms. The molecule has 0 aliphatic carbocycles. The maximum Gasteiger partial charge on any atom is 0.307 e. The van der Waals surface area contributed by atoms with Crippen LogP contribution >= 0.6 is 22.6 Å². The first-order valence-electron chi connectivity index (χ1n) is 11.0. The average Bonchev–Trinajstić information content (AvgIpc) is 3.32. The zero-order valence-corrected chi connectivity index (χ0v) is 21.6. The summed E-state index contributed by atoms with van der Waals surface area (Å²) in [5.74, 6) is 0.396. The van der Waals surface area contributed by atoms with E-state index in [0.717, 1.165) is 9.13 Å². The number of nitriles is 1. The van der Waals surface area contributed by atoms with Crippen LogP contribution in [0.4, 0.5) is 5.69 Å². The van der Waals surface area contributed by atoms with Crippen LogP contribution in [-0.4, -0.2) is 23.7 Å². The number of ether oxygens (including phenoxy) is 2. The largest absolute Gasteiger partial charge is 0.490 e. The van der Waals surface area contributed by atoms with E-state index in [4.69, 9.17) is 13.9 Å². The normalized spacial score (nSPS) is 10.8. The molecule has 1 aromatic heterocycles. The summed E-state index contributed by atoms with van der Waals surface area (Å²) in [5.41, 5.74) is 4.59. The number of furan rings is 1. The number of amides is 1. The molecule has 11 heteroatoms. The summed E-state index contributed by atoms with van der Waals surface area (Å²) in [6.07, 6.45) is 1.45. The lowest BCUT2D eigenvalue weighted by Gasteiger charge is -2.15. The monoisotopic (exact) mass is 610 g/mol.